The fraction of sp³-hybridized carbons (Fsp3) is 0.357. The summed E-state index contributed by atoms with van der Waals surface area (Å²) in [5.41, 5.74) is 7.43. The summed E-state index contributed by atoms with van der Waals surface area (Å²) in [5.74, 6) is 0.711. The fourth-order valence-corrected chi connectivity index (χ4v) is 1.84. The third-order valence-electron chi connectivity index (χ3n) is 2.99. The van der Waals surface area contributed by atoms with Crippen LogP contribution in [0.3, 0.4) is 0 Å². The Hall–Kier alpha value is -1.86. The number of nitriles is 1. The molecule has 4 nitrogen and oxygen atoms in total. The summed E-state index contributed by atoms with van der Waals surface area (Å²) in [4.78, 5) is 8.36. The van der Waals surface area contributed by atoms with Crippen molar-refractivity contribution in [2.75, 3.05) is 6.54 Å². The molecule has 0 aromatic carbocycles. The highest BCUT2D eigenvalue weighted by Crippen LogP contribution is 2.28. The van der Waals surface area contributed by atoms with Crippen molar-refractivity contribution in [3.63, 3.8) is 0 Å². The van der Waals surface area contributed by atoms with Crippen LogP contribution >= 0.6 is 11.6 Å². The smallest absolute Gasteiger partial charge is 0.132 e. The number of hydrogen-bond acceptors (Lipinski definition) is 4. The lowest BCUT2D eigenvalue weighted by atomic mass is 10.1. The van der Waals surface area contributed by atoms with Crippen LogP contribution in [0.5, 0.6) is 0 Å². The Bertz CT molecular complexity index is 553. The summed E-state index contributed by atoms with van der Waals surface area (Å²) >= 11 is 6.01. The second kappa shape index (κ2) is 6.35. The lowest BCUT2D eigenvalue weighted by Gasteiger charge is -2.05. The summed E-state index contributed by atoms with van der Waals surface area (Å²) in [5, 5.41) is 9.36. The molecule has 19 heavy (non-hydrogen) atoms. The van der Waals surface area contributed by atoms with Gasteiger partial charge in [-0.2, -0.15) is 5.26 Å². The molecule has 1 aliphatic carbocycles. The highest BCUT2D eigenvalue weighted by atomic mass is 35.5. The molecule has 1 aliphatic rings. The first-order valence-corrected chi connectivity index (χ1v) is 6.56. The van der Waals surface area contributed by atoms with Crippen molar-refractivity contribution < 1.29 is 0 Å². The van der Waals surface area contributed by atoms with Gasteiger partial charge < -0.3 is 5.73 Å². The zero-order chi connectivity index (χ0) is 13.7. The molecule has 98 valence electrons. The molecule has 0 bridgehead atoms. The number of rotatable bonds is 5. The van der Waals surface area contributed by atoms with E-state index in [0.717, 1.165) is 12.1 Å². The van der Waals surface area contributed by atoms with E-state index in [4.69, 9.17) is 22.6 Å². The van der Waals surface area contributed by atoms with Crippen LogP contribution in [-0.2, 0) is 6.42 Å². The van der Waals surface area contributed by atoms with Crippen LogP contribution in [0.25, 0.3) is 0 Å². The summed E-state index contributed by atoms with van der Waals surface area (Å²) in [6.45, 7) is 0.809. The third-order valence-corrected chi connectivity index (χ3v) is 3.33. The minimum absolute atomic E-state index is 0.180. The summed E-state index contributed by atoms with van der Waals surface area (Å²) in [6.07, 6.45) is 6.29. The molecular weight excluding hydrogens is 260 g/mol. The molecule has 1 aromatic heterocycles. The van der Waals surface area contributed by atoms with E-state index >= 15 is 0 Å². The maximum Gasteiger partial charge on any atom is 0.132 e. The zero-order valence-corrected chi connectivity index (χ0v) is 11.3. The highest BCUT2D eigenvalue weighted by Gasteiger charge is 2.20. The molecule has 0 spiro atoms. The van der Waals surface area contributed by atoms with Gasteiger partial charge in [0.15, 0.2) is 0 Å². The summed E-state index contributed by atoms with van der Waals surface area (Å²) in [7, 11) is 0. The Morgan fingerprint density at radius 3 is 3.05 bits per heavy atom. The molecular formula is C14H15ClN4. The van der Waals surface area contributed by atoms with Crippen LogP contribution in [0.2, 0.25) is 5.15 Å². The maximum absolute atomic E-state index is 8.93. The quantitative estimate of drug-likeness (QED) is 0.509. The van der Waals surface area contributed by atoms with Crippen LogP contribution in [-0.4, -0.2) is 17.7 Å². The maximum atomic E-state index is 8.93. The van der Waals surface area contributed by atoms with Crippen molar-refractivity contribution in [3.05, 3.63) is 40.3 Å². The van der Waals surface area contributed by atoms with E-state index in [-0.39, 0.29) is 5.70 Å². The molecule has 5 heteroatoms. The standard InChI is InChI=1S/C14H15ClN4/c15-14-11(2-1-5-19-14)6-12(13(17)7-16)9-18-8-10-3-4-10/h1-2,5,9-10H,3-4,6,8,17H2. The van der Waals surface area contributed by atoms with Crippen LogP contribution in [0.1, 0.15) is 18.4 Å². The van der Waals surface area contributed by atoms with Gasteiger partial charge in [-0.1, -0.05) is 17.7 Å². The van der Waals surface area contributed by atoms with Gasteiger partial charge in [0.2, 0.25) is 0 Å². The van der Waals surface area contributed by atoms with E-state index in [2.05, 4.69) is 9.98 Å². The average molecular weight is 275 g/mol. The summed E-state index contributed by atoms with van der Waals surface area (Å²) in [6, 6.07) is 5.64. The Balaban J connectivity index is 2.12. The van der Waals surface area contributed by atoms with Crippen molar-refractivity contribution in [1.29, 1.82) is 5.26 Å². The molecule has 1 aromatic rings. The van der Waals surface area contributed by atoms with E-state index in [9.17, 15) is 0 Å². The molecule has 1 fully saturated rings. The van der Waals surface area contributed by atoms with E-state index < -0.39 is 0 Å². The largest absolute Gasteiger partial charge is 0.390 e. The monoisotopic (exact) mass is 274 g/mol. The SMILES string of the molecule is N#CC(N)=C(C=NCC1CC1)Cc1cccnc1Cl. The first kappa shape index (κ1) is 13.6. The number of hydrogen-bond donors (Lipinski definition) is 1. The number of aromatic nitrogens is 1. The summed E-state index contributed by atoms with van der Waals surface area (Å²) < 4.78 is 0. The van der Waals surface area contributed by atoms with E-state index in [1.54, 1.807) is 12.4 Å². The van der Waals surface area contributed by atoms with Gasteiger partial charge in [-0.05, 0) is 30.4 Å². The van der Waals surface area contributed by atoms with Gasteiger partial charge in [0.05, 0.1) is 0 Å². The lowest BCUT2D eigenvalue weighted by Crippen LogP contribution is -2.05. The molecule has 1 saturated carbocycles. The molecule has 0 amide bonds. The molecule has 0 atom stereocenters. The zero-order valence-electron chi connectivity index (χ0n) is 10.5. The Kier molecular flexibility index (Phi) is 4.53. The van der Waals surface area contributed by atoms with E-state index in [1.165, 1.54) is 12.8 Å². The molecule has 1 heterocycles. The van der Waals surface area contributed by atoms with Gasteiger partial charge >= 0.3 is 0 Å². The minimum Gasteiger partial charge on any atom is -0.390 e. The van der Waals surface area contributed by atoms with Crippen LogP contribution in [0.4, 0.5) is 0 Å². The first-order valence-electron chi connectivity index (χ1n) is 6.18. The second-order valence-electron chi connectivity index (χ2n) is 4.62. The normalized spacial score (nSPS) is 16.2. The Morgan fingerprint density at radius 1 is 1.63 bits per heavy atom. The van der Waals surface area contributed by atoms with Crippen molar-refractivity contribution >= 4 is 17.8 Å². The van der Waals surface area contributed by atoms with Crippen molar-refractivity contribution in [1.82, 2.24) is 4.98 Å². The van der Waals surface area contributed by atoms with Crippen molar-refractivity contribution in [3.8, 4) is 6.07 Å². The number of halogens is 1. The number of nitrogens with two attached hydrogens (primary N) is 1. The van der Waals surface area contributed by atoms with E-state index in [1.807, 2.05) is 18.2 Å². The van der Waals surface area contributed by atoms with Crippen LogP contribution in [0, 0.1) is 17.2 Å². The second-order valence-corrected chi connectivity index (χ2v) is 4.98. The molecule has 0 saturated heterocycles. The van der Waals surface area contributed by atoms with Crippen LogP contribution in [0.15, 0.2) is 34.6 Å². The Morgan fingerprint density at radius 2 is 2.42 bits per heavy atom. The third kappa shape index (κ3) is 4.08. The van der Waals surface area contributed by atoms with Gasteiger partial charge in [0.1, 0.15) is 16.9 Å². The lowest BCUT2D eigenvalue weighted by molar-refractivity contribution is 0.851. The van der Waals surface area contributed by atoms with Crippen LogP contribution < -0.4 is 5.73 Å². The number of nitrogens with zero attached hydrogens (tertiary/aromatic N) is 3. The van der Waals surface area contributed by atoms with Gasteiger partial charge in [-0.25, -0.2) is 4.98 Å². The number of aliphatic imine (C=N–C) groups is 1. The fourth-order valence-electron chi connectivity index (χ4n) is 1.65. The molecule has 0 unspecified atom stereocenters. The number of allylic oxidation sites excluding steroid dienone is 2. The number of pyridine rings is 1. The van der Waals surface area contributed by atoms with Gasteiger partial charge in [0, 0.05) is 31.0 Å². The van der Waals surface area contributed by atoms with Gasteiger partial charge in [-0.3, -0.25) is 4.99 Å². The predicted molar refractivity (Wildman–Crippen MR) is 75.9 cm³/mol. The topological polar surface area (TPSA) is 75.1 Å². The van der Waals surface area contributed by atoms with Crippen molar-refractivity contribution in [2.45, 2.75) is 19.3 Å². The molecule has 0 radical (unpaired) electrons. The molecule has 2 rings (SSSR count). The molecule has 0 aliphatic heterocycles. The predicted octanol–water partition coefficient (Wildman–Crippen LogP) is 2.49. The van der Waals surface area contributed by atoms with Crippen molar-refractivity contribution in [2.24, 2.45) is 16.6 Å². The van der Waals surface area contributed by atoms with E-state index in [0.29, 0.717) is 23.1 Å². The minimum atomic E-state index is 0.180. The van der Waals surface area contributed by atoms with Gasteiger partial charge in [-0.15, -0.1) is 0 Å². The first-order chi connectivity index (χ1) is 9.20. The molecule has 2 N–H and O–H groups in total. The highest BCUT2D eigenvalue weighted by molar-refractivity contribution is 6.30. The Labute approximate surface area is 117 Å². The van der Waals surface area contributed by atoms with Gasteiger partial charge in [0.25, 0.3) is 0 Å². The average Bonchev–Trinajstić information content (AvgIpc) is 3.23.